The number of nitrogens with zero attached hydrogens (tertiary/aromatic N) is 1. The van der Waals surface area contributed by atoms with Crippen LogP contribution in [0.2, 0.25) is 0 Å². The Hall–Kier alpha value is -1.77. The molecule has 3 nitrogen and oxygen atoms in total. The van der Waals surface area contributed by atoms with Crippen LogP contribution in [0.1, 0.15) is 5.56 Å². The standard InChI is InChI=1S/C12H13NO2/c1-8-4-5-9-10(14)7-12(13(2)3)15-11(9)6-8/h4-7H,1-3H3. The van der Waals surface area contributed by atoms with Crippen molar-refractivity contribution in [2.75, 3.05) is 19.0 Å². The van der Waals surface area contributed by atoms with Crippen LogP contribution in [-0.2, 0) is 0 Å². The quantitative estimate of drug-likeness (QED) is 0.712. The third-order valence-electron chi connectivity index (χ3n) is 2.31. The fourth-order valence-corrected chi connectivity index (χ4v) is 1.47. The van der Waals surface area contributed by atoms with Gasteiger partial charge in [-0.15, -0.1) is 0 Å². The van der Waals surface area contributed by atoms with E-state index in [1.165, 1.54) is 6.07 Å². The SMILES string of the molecule is Cc1ccc2c(=O)cc(N(C)C)oc2c1. The van der Waals surface area contributed by atoms with Crippen molar-refractivity contribution in [1.29, 1.82) is 0 Å². The second-order valence-corrected chi connectivity index (χ2v) is 3.84. The maximum absolute atomic E-state index is 11.7. The number of fused-ring (bicyclic) bond motifs is 1. The lowest BCUT2D eigenvalue weighted by molar-refractivity contribution is 0.597. The predicted octanol–water partition coefficient (Wildman–Crippen LogP) is 2.17. The molecule has 0 amide bonds. The third kappa shape index (κ3) is 1.73. The maximum atomic E-state index is 11.7. The Balaban J connectivity index is 2.80. The molecule has 0 spiro atoms. The molecule has 0 saturated carbocycles. The molecule has 0 saturated heterocycles. The highest BCUT2D eigenvalue weighted by Crippen LogP contribution is 2.18. The van der Waals surface area contributed by atoms with Crippen LogP contribution in [0.15, 0.2) is 33.5 Å². The average molecular weight is 203 g/mol. The van der Waals surface area contributed by atoms with E-state index in [0.29, 0.717) is 16.9 Å². The Morgan fingerprint density at radius 1 is 1.20 bits per heavy atom. The van der Waals surface area contributed by atoms with Gasteiger partial charge in [0.05, 0.1) is 5.39 Å². The monoisotopic (exact) mass is 203 g/mol. The zero-order valence-corrected chi connectivity index (χ0v) is 9.07. The number of rotatable bonds is 1. The summed E-state index contributed by atoms with van der Waals surface area (Å²) >= 11 is 0. The van der Waals surface area contributed by atoms with Crippen LogP contribution in [0.5, 0.6) is 0 Å². The van der Waals surface area contributed by atoms with E-state index in [4.69, 9.17) is 4.42 Å². The summed E-state index contributed by atoms with van der Waals surface area (Å²) in [6.07, 6.45) is 0. The molecule has 2 aromatic rings. The van der Waals surface area contributed by atoms with Crippen LogP contribution >= 0.6 is 0 Å². The molecule has 0 aliphatic rings. The molecule has 1 aromatic heterocycles. The van der Waals surface area contributed by atoms with Crippen molar-refractivity contribution in [2.24, 2.45) is 0 Å². The van der Waals surface area contributed by atoms with Crippen molar-refractivity contribution in [3.63, 3.8) is 0 Å². The number of anilines is 1. The first-order valence-corrected chi connectivity index (χ1v) is 4.80. The van der Waals surface area contributed by atoms with Crippen molar-refractivity contribution in [2.45, 2.75) is 6.92 Å². The van der Waals surface area contributed by atoms with E-state index in [-0.39, 0.29) is 5.43 Å². The van der Waals surface area contributed by atoms with E-state index in [0.717, 1.165) is 5.56 Å². The van der Waals surface area contributed by atoms with Crippen LogP contribution < -0.4 is 10.3 Å². The Morgan fingerprint density at radius 3 is 2.60 bits per heavy atom. The zero-order chi connectivity index (χ0) is 11.0. The lowest BCUT2D eigenvalue weighted by Crippen LogP contribution is -2.12. The largest absolute Gasteiger partial charge is 0.440 e. The van der Waals surface area contributed by atoms with Crippen molar-refractivity contribution in [3.05, 3.63) is 40.1 Å². The number of hydrogen-bond donors (Lipinski definition) is 0. The molecule has 0 aliphatic carbocycles. The lowest BCUT2D eigenvalue weighted by Gasteiger charge is -2.10. The third-order valence-corrected chi connectivity index (χ3v) is 2.31. The predicted molar refractivity (Wildman–Crippen MR) is 61.5 cm³/mol. The van der Waals surface area contributed by atoms with Crippen molar-refractivity contribution >= 4 is 16.9 Å². The zero-order valence-electron chi connectivity index (χ0n) is 9.07. The summed E-state index contributed by atoms with van der Waals surface area (Å²) in [7, 11) is 3.69. The molecule has 0 aliphatic heterocycles. The number of hydrogen-bond acceptors (Lipinski definition) is 3. The van der Waals surface area contributed by atoms with E-state index in [9.17, 15) is 4.79 Å². The highest BCUT2D eigenvalue weighted by molar-refractivity contribution is 5.78. The summed E-state index contributed by atoms with van der Waals surface area (Å²) in [5, 5.41) is 0.631. The van der Waals surface area contributed by atoms with E-state index in [2.05, 4.69) is 0 Å². The van der Waals surface area contributed by atoms with Gasteiger partial charge in [0.1, 0.15) is 5.58 Å². The molecule has 78 valence electrons. The molecule has 1 aromatic carbocycles. The molecule has 0 atom stereocenters. The summed E-state index contributed by atoms with van der Waals surface area (Å²) in [6, 6.07) is 7.10. The summed E-state index contributed by atoms with van der Waals surface area (Å²) in [4.78, 5) is 13.5. The normalized spacial score (nSPS) is 10.6. The van der Waals surface area contributed by atoms with Gasteiger partial charge < -0.3 is 9.32 Å². The lowest BCUT2D eigenvalue weighted by atomic mass is 10.1. The molecule has 0 fully saturated rings. The second kappa shape index (κ2) is 3.42. The van der Waals surface area contributed by atoms with E-state index in [1.807, 2.05) is 33.2 Å². The first-order valence-electron chi connectivity index (χ1n) is 4.80. The maximum Gasteiger partial charge on any atom is 0.199 e. The molecule has 15 heavy (non-hydrogen) atoms. The van der Waals surface area contributed by atoms with Gasteiger partial charge in [0.25, 0.3) is 0 Å². The Bertz CT molecular complexity index is 555. The first-order chi connectivity index (χ1) is 7.08. The Kier molecular flexibility index (Phi) is 2.23. The summed E-state index contributed by atoms with van der Waals surface area (Å²) in [6.45, 7) is 1.97. The van der Waals surface area contributed by atoms with E-state index >= 15 is 0 Å². The molecule has 0 bridgehead atoms. The minimum Gasteiger partial charge on any atom is -0.440 e. The number of benzene rings is 1. The van der Waals surface area contributed by atoms with Gasteiger partial charge in [0.15, 0.2) is 11.3 Å². The van der Waals surface area contributed by atoms with Gasteiger partial charge in [-0.3, -0.25) is 4.79 Å². The van der Waals surface area contributed by atoms with Gasteiger partial charge in [-0.05, 0) is 24.6 Å². The Labute approximate surface area is 87.9 Å². The molecule has 1 heterocycles. The molecule has 3 heteroatoms. The topological polar surface area (TPSA) is 33.5 Å². The highest BCUT2D eigenvalue weighted by Gasteiger charge is 2.05. The average Bonchev–Trinajstić information content (AvgIpc) is 2.16. The van der Waals surface area contributed by atoms with Crippen molar-refractivity contribution < 1.29 is 4.42 Å². The second-order valence-electron chi connectivity index (χ2n) is 3.84. The Morgan fingerprint density at radius 2 is 1.93 bits per heavy atom. The van der Waals surface area contributed by atoms with Crippen LogP contribution in [-0.4, -0.2) is 14.1 Å². The van der Waals surface area contributed by atoms with Gasteiger partial charge in [-0.2, -0.15) is 0 Å². The fourth-order valence-electron chi connectivity index (χ4n) is 1.47. The van der Waals surface area contributed by atoms with Gasteiger partial charge >= 0.3 is 0 Å². The molecule has 0 radical (unpaired) electrons. The van der Waals surface area contributed by atoms with E-state index in [1.54, 1.807) is 11.0 Å². The van der Waals surface area contributed by atoms with Crippen LogP contribution in [0.25, 0.3) is 11.0 Å². The van der Waals surface area contributed by atoms with Crippen molar-refractivity contribution in [3.8, 4) is 0 Å². The van der Waals surface area contributed by atoms with Gasteiger partial charge in [0, 0.05) is 20.2 Å². The van der Waals surface area contributed by atoms with E-state index < -0.39 is 0 Å². The van der Waals surface area contributed by atoms with Gasteiger partial charge in [-0.25, -0.2) is 0 Å². The summed E-state index contributed by atoms with van der Waals surface area (Å²) < 4.78 is 5.61. The molecule has 0 N–H and O–H groups in total. The van der Waals surface area contributed by atoms with Gasteiger partial charge in [0.2, 0.25) is 0 Å². The minimum absolute atomic E-state index is 0.0000463. The van der Waals surface area contributed by atoms with Crippen LogP contribution in [0.4, 0.5) is 5.88 Å². The summed E-state index contributed by atoms with van der Waals surface area (Å²) in [5.74, 6) is 0.582. The fraction of sp³-hybridized carbons (Fsp3) is 0.250. The minimum atomic E-state index is -0.0000463. The molecular formula is C12H13NO2. The molecular weight excluding hydrogens is 190 g/mol. The van der Waals surface area contributed by atoms with Crippen molar-refractivity contribution in [1.82, 2.24) is 0 Å². The van der Waals surface area contributed by atoms with Crippen LogP contribution in [0, 0.1) is 6.92 Å². The summed E-state index contributed by atoms with van der Waals surface area (Å²) in [5.41, 5.74) is 1.73. The van der Waals surface area contributed by atoms with Gasteiger partial charge in [-0.1, -0.05) is 6.07 Å². The first kappa shape index (κ1) is 9.77. The smallest absolute Gasteiger partial charge is 0.199 e. The van der Waals surface area contributed by atoms with Crippen LogP contribution in [0.3, 0.4) is 0 Å². The number of aryl methyl sites for hydroxylation is 1. The highest BCUT2D eigenvalue weighted by atomic mass is 16.4. The molecule has 0 unspecified atom stereocenters. The molecule has 2 rings (SSSR count).